The van der Waals surface area contributed by atoms with Crippen LogP contribution in [0, 0.1) is 0 Å². The van der Waals surface area contributed by atoms with Gasteiger partial charge < -0.3 is 5.73 Å². The third-order valence-corrected chi connectivity index (χ3v) is 2.38. The Morgan fingerprint density at radius 3 is 2.71 bits per heavy atom. The van der Waals surface area contributed by atoms with Gasteiger partial charge in [0.25, 0.3) is 0 Å². The average Bonchev–Trinajstić information content (AvgIpc) is 2.17. The number of hydrogen-bond donors (Lipinski definition) is 1. The van der Waals surface area contributed by atoms with E-state index in [1.807, 2.05) is 13.0 Å². The molecule has 1 atom stereocenters. The first-order chi connectivity index (χ1) is 6.70. The van der Waals surface area contributed by atoms with Crippen molar-refractivity contribution in [3.8, 4) is 0 Å². The van der Waals surface area contributed by atoms with Crippen molar-refractivity contribution in [2.75, 3.05) is 0 Å². The van der Waals surface area contributed by atoms with E-state index in [1.165, 1.54) is 0 Å². The zero-order valence-corrected chi connectivity index (χ0v) is 9.30. The molecule has 0 aliphatic carbocycles. The molecule has 0 aromatic heterocycles. The lowest BCUT2D eigenvalue weighted by atomic mass is 10.0. The molecule has 0 aliphatic heterocycles. The summed E-state index contributed by atoms with van der Waals surface area (Å²) in [6, 6.07) is 0.0654. The summed E-state index contributed by atoms with van der Waals surface area (Å²) in [4.78, 5) is 11.3. The van der Waals surface area contributed by atoms with Crippen molar-refractivity contribution in [1.82, 2.24) is 0 Å². The topological polar surface area (TPSA) is 43.1 Å². The van der Waals surface area contributed by atoms with Crippen molar-refractivity contribution >= 4 is 5.78 Å². The lowest BCUT2D eigenvalue weighted by molar-refractivity contribution is -0.119. The quantitative estimate of drug-likeness (QED) is 0.456. The molecule has 0 aromatic rings. The molecule has 0 saturated heterocycles. The molecule has 0 aromatic carbocycles. The van der Waals surface area contributed by atoms with Gasteiger partial charge in [0.2, 0.25) is 0 Å². The Balaban J connectivity index is 3.31. The van der Waals surface area contributed by atoms with Gasteiger partial charge in [-0.2, -0.15) is 0 Å². The summed E-state index contributed by atoms with van der Waals surface area (Å²) in [5.74, 6) is 0.318. The van der Waals surface area contributed by atoms with Crippen molar-refractivity contribution in [1.29, 1.82) is 0 Å². The van der Waals surface area contributed by atoms with E-state index >= 15 is 0 Å². The second-order valence-electron chi connectivity index (χ2n) is 3.80. The molecule has 0 amide bonds. The summed E-state index contributed by atoms with van der Waals surface area (Å²) in [5.41, 5.74) is 5.69. The molecule has 2 N–H and O–H groups in total. The van der Waals surface area contributed by atoms with Crippen molar-refractivity contribution in [2.24, 2.45) is 5.73 Å². The molecular weight excluding hydrogens is 174 g/mol. The minimum Gasteiger partial charge on any atom is -0.327 e. The largest absolute Gasteiger partial charge is 0.327 e. The summed E-state index contributed by atoms with van der Waals surface area (Å²) >= 11 is 0. The SMILES string of the molecule is C=CCCCCCC(=O)CC(N)CC. The molecule has 14 heavy (non-hydrogen) atoms. The second kappa shape index (κ2) is 8.95. The van der Waals surface area contributed by atoms with E-state index in [0.717, 1.165) is 32.1 Å². The maximum atomic E-state index is 11.3. The number of nitrogens with two attached hydrogens (primary N) is 1. The van der Waals surface area contributed by atoms with Crippen LogP contribution in [0.15, 0.2) is 12.7 Å². The zero-order chi connectivity index (χ0) is 10.8. The second-order valence-corrected chi connectivity index (χ2v) is 3.80. The molecule has 2 nitrogen and oxygen atoms in total. The lowest BCUT2D eigenvalue weighted by Gasteiger charge is -2.06. The van der Waals surface area contributed by atoms with Crippen molar-refractivity contribution in [2.45, 2.75) is 57.9 Å². The lowest BCUT2D eigenvalue weighted by Crippen LogP contribution is -2.22. The van der Waals surface area contributed by atoms with E-state index < -0.39 is 0 Å². The van der Waals surface area contributed by atoms with Crippen molar-refractivity contribution < 1.29 is 4.79 Å². The van der Waals surface area contributed by atoms with Crippen molar-refractivity contribution in [3.63, 3.8) is 0 Å². The molecule has 0 heterocycles. The van der Waals surface area contributed by atoms with E-state index in [2.05, 4.69) is 6.58 Å². The highest BCUT2D eigenvalue weighted by Gasteiger charge is 2.06. The van der Waals surface area contributed by atoms with Gasteiger partial charge in [0.1, 0.15) is 5.78 Å². The first kappa shape index (κ1) is 13.4. The van der Waals surface area contributed by atoms with Crippen LogP contribution in [0.1, 0.15) is 51.9 Å². The van der Waals surface area contributed by atoms with Gasteiger partial charge in [-0.15, -0.1) is 6.58 Å². The molecule has 0 spiro atoms. The number of unbranched alkanes of at least 4 members (excludes halogenated alkanes) is 3. The first-order valence-electron chi connectivity index (χ1n) is 5.58. The highest BCUT2D eigenvalue weighted by molar-refractivity contribution is 5.78. The summed E-state index contributed by atoms with van der Waals surface area (Å²) in [6.45, 7) is 5.68. The van der Waals surface area contributed by atoms with Crippen LogP contribution >= 0.6 is 0 Å². The number of hydrogen-bond acceptors (Lipinski definition) is 2. The fourth-order valence-electron chi connectivity index (χ4n) is 1.33. The number of carbonyl (C=O) groups excluding carboxylic acids is 1. The van der Waals surface area contributed by atoms with Crippen LogP contribution < -0.4 is 5.73 Å². The van der Waals surface area contributed by atoms with Gasteiger partial charge in [0.05, 0.1) is 0 Å². The average molecular weight is 197 g/mol. The van der Waals surface area contributed by atoms with Gasteiger partial charge in [0.15, 0.2) is 0 Å². The van der Waals surface area contributed by atoms with Crippen LogP contribution in [0.3, 0.4) is 0 Å². The third-order valence-electron chi connectivity index (χ3n) is 2.38. The fraction of sp³-hybridized carbons (Fsp3) is 0.750. The van der Waals surface area contributed by atoms with Crippen LogP contribution in [0.25, 0.3) is 0 Å². The van der Waals surface area contributed by atoms with Crippen molar-refractivity contribution in [3.05, 3.63) is 12.7 Å². The Kier molecular flexibility index (Phi) is 8.54. The van der Waals surface area contributed by atoms with Gasteiger partial charge >= 0.3 is 0 Å². The van der Waals surface area contributed by atoms with Gasteiger partial charge in [-0.05, 0) is 25.7 Å². The van der Waals surface area contributed by atoms with Crippen LogP contribution in [0.2, 0.25) is 0 Å². The molecule has 0 bridgehead atoms. The molecule has 0 rings (SSSR count). The molecule has 82 valence electrons. The number of ketones is 1. The molecule has 0 aliphatic rings. The first-order valence-corrected chi connectivity index (χ1v) is 5.58. The predicted molar refractivity (Wildman–Crippen MR) is 61.2 cm³/mol. The highest BCUT2D eigenvalue weighted by atomic mass is 16.1. The maximum Gasteiger partial charge on any atom is 0.134 e. The Morgan fingerprint density at radius 2 is 2.14 bits per heavy atom. The smallest absolute Gasteiger partial charge is 0.134 e. The summed E-state index contributed by atoms with van der Waals surface area (Å²) in [5, 5.41) is 0. The predicted octanol–water partition coefficient (Wildman–Crippen LogP) is 2.82. The molecule has 1 unspecified atom stereocenters. The summed E-state index contributed by atoms with van der Waals surface area (Å²) < 4.78 is 0. The summed E-state index contributed by atoms with van der Waals surface area (Å²) in [6.07, 6.45) is 8.40. The highest BCUT2D eigenvalue weighted by Crippen LogP contribution is 2.06. The Bertz CT molecular complexity index is 166. The maximum absolute atomic E-state index is 11.3. The number of rotatable bonds is 9. The van der Waals surface area contributed by atoms with Crippen LogP contribution in [0.5, 0.6) is 0 Å². The normalized spacial score (nSPS) is 12.4. The Labute approximate surface area is 87.6 Å². The molecule has 0 saturated carbocycles. The zero-order valence-electron chi connectivity index (χ0n) is 9.30. The number of Topliss-reactive ketones (excluding diaryl/α,β-unsaturated/α-hetero) is 1. The van der Waals surface area contributed by atoms with E-state index in [9.17, 15) is 4.79 Å². The minimum absolute atomic E-state index is 0.0654. The van der Waals surface area contributed by atoms with Gasteiger partial charge in [-0.1, -0.05) is 19.4 Å². The van der Waals surface area contributed by atoms with Crippen LogP contribution in [-0.4, -0.2) is 11.8 Å². The monoisotopic (exact) mass is 197 g/mol. The van der Waals surface area contributed by atoms with E-state index in [4.69, 9.17) is 5.73 Å². The standard InChI is InChI=1S/C12H23NO/c1-3-5-6-7-8-9-12(14)10-11(13)4-2/h3,11H,1,4-10,13H2,2H3. The molecule has 0 fully saturated rings. The molecule has 2 heteroatoms. The Morgan fingerprint density at radius 1 is 1.43 bits per heavy atom. The molecule has 0 radical (unpaired) electrons. The fourth-order valence-corrected chi connectivity index (χ4v) is 1.33. The van der Waals surface area contributed by atoms with Gasteiger partial charge in [0, 0.05) is 18.9 Å². The minimum atomic E-state index is 0.0654. The van der Waals surface area contributed by atoms with Crippen LogP contribution in [0.4, 0.5) is 0 Å². The van der Waals surface area contributed by atoms with Gasteiger partial charge in [-0.3, -0.25) is 4.79 Å². The Hall–Kier alpha value is -0.630. The molecular formula is C12H23NO. The van der Waals surface area contributed by atoms with E-state index in [0.29, 0.717) is 18.6 Å². The van der Waals surface area contributed by atoms with E-state index in [1.54, 1.807) is 0 Å². The van der Waals surface area contributed by atoms with Crippen LogP contribution in [-0.2, 0) is 4.79 Å². The third kappa shape index (κ3) is 7.99. The number of carbonyl (C=O) groups is 1. The number of allylic oxidation sites excluding steroid dienone is 1. The van der Waals surface area contributed by atoms with Gasteiger partial charge in [-0.25, -0.2) is 0 Å². The summed E-state index contributed by atoms with van der Waals surface area (Å²) in [7, 11) is 0. The van der Waals surface area contributed by atoms with E-state index in [-0.39, 0.29) is 6.04 Å².